The highest BCUT2D eigenvalue weighted by atomic mass is 79.9. The monoisotopic (exact) mass is 257 g/mol. The number of furan rings is 1. The molecule has 1 aromatic rings. The summed E-state index contributed by atoms with van der Waals surface area (Å²) in [5, 5.41) is 0. The molecule has 1 rings (SSSR count). The van der Waals surface area contributed by atoms with Gasteiger partial charge in [0.1, 0.15) is 5.76 Å². The highest BCUT2D eigenvalue weighted by Gasteiger charge is 2.09. The molecule has 0 saturated carbocycles. The third kappa shape index (κ3) is 3.13. The van der Waals surface area contributed by atoms with Gasteiger partial charge in [-0.1, -0.05) is 0 Å². The van der Waals surface area contributed by atoms with Gasteiger partial charge in [0.2, 0.25) is 0 Å². The Balaban J connectivity index is 0.00000121. The van der Waals surface area contributed by atoms with Crippen molar-refractivity contribution in [3.05, 3.63) is 22.6 Å². The second-order valence-electron chi connectivity index (χ2n) is 2.23. The number of hydrogen-bond acceptors (Lipinski definition) is 2. The molecule has 70 valence electrons. The highest BCUT2D eigenvalue weighted by Crippen LogP contribution is 2.20. The molecule has 0 aromatic carbocycles. The highest BCUT2D eigenvalue weighted by molar-refractivity contribution is 9.10. The van der Waals surface area contributed by atoms with Crippen molar-refractivity contribution >= 4 is 28.3 Å². The molecule has 1 aromatic heterocycles. The molecule has 0 amide bonds. The predicted molar refractivity (Wildman–Crippen MR) is 51.2 cm³/mol. The molecule has 0 fully saturated rings. The van der Waals surface area contributed by atoms with Gasteiger partial charge in [0.15, 0.2) is 4.67 Å². The van der Waals surface area contributed by atoms with Crippen LogP contribution in [0.25, 0.3) is 0 Å². The van der Waals surface area contributed by atoms with E-state index in [1.807, 2.05) is 0 Å². The fraction of sp³-hybridized carbons (Fsp3) is 0.429. The van der Waals surface area contributed by atoms with Crippen LogP contribution in [0.5, 0.6) is 0 Å². The molecule has 1 heterocycles. The van der Waals surface area contributed by atoms with Gasteiger partial charge in [-0.15, -0.1) is 12.4 Å². The quantitative estimate of drug-likeness (QED) is 0.905. The van der Waals surface area contributed by atoms with Gasteiger partial charge in [-0.3, -0.25) is 4.39 Å². The zero-order chi connectivity index (χ0) is 8.27. The van der Waals surface area contributed by atoms with Gasteiger partial charge in [0, 0.05) is 0 Å². The molecule has 0 aliphatic rings. The van der Waals surface area contributed by atoms with Crippen LogP contribution in [0.1, 0.15) is 18.2 Å². The van der Waals surface area contributed by atoms with E-state index in [1.165, 1.54) is 0 Å². The summed E-state index contributed by atoms with van der Waals surface area (Å²) < 4.78 is 17.6. The fourth-order valence-corrected chi connectivity index (χ4v) is 1.11. The van der Waals surface area contributed by atoms with Gasteiger partial charge in [0.05, 0.1) is 12.7 Å². The van der Waals surface area contributed by atoms with E-state index in [2.05, 4.69) is 15.9 Å². The summed E-state index contributed by atoms with van der Waals surface area (Å²) in [7, 11) is 0. The van der Waals surface area contributed by atoms with Crippen LogP contribution in [0.15, 0.2) is 21.2 Å². The van der Waals surface area contributed by atoms with Crippen molar-refractivity contribution in [3.8, 4) is 0 Å². The molecule has 5 heteroatoms. The zero-order valence-electron chi connectivity index (χ0n) is 6.30. The molecule has 0 unspecified atom stereocenters. The van der Waals surface area contributed by atoms with E-state index in [1.54, 1.807) is 12.1 Å². The fourth-order valence-electron chi connectivity index (χ4n) is 0.787. The summed E-state index contributed by atoms with van der Waals surface area (Å²) in [5.74, 6) is 0.620. The van der Waals surface area contributed by atoms with Gasteiger partial charge in [-0.25, -0.2) is 0 Å². The van der Waals surface area contributed by atoms with Crippen LogP contribution in [0.2, 0.25) is 0 Å². The molecule has 0 spiro atoms. The lowest BCUT2D eigenvalue weighted by molar-refractivity contribution is 0.390. The SMILES string of the molecule is Cl.N[C@H](CCF)c1ccc(Br)o1. The minimum Gasteiger partial charge on any atom is -0.453 e. The van der Waals surface area contributed by atoms with Crippen molar-refractivity contribution in [2.45, 2.75) is 12.5 Å². The summed E-state index contributed by atoms with van der Waals surface area (Å²) in [5.41, 5.74) is 5.56. The van der Waals surface area contributed by atoms with Crippen LogP contribution in [-0.2, 0) is 0 Å². The molecule has 0 bridgehead atoms. The summed E-state index contributed by atoms with van der Waals surface area (Å²) in [6.45, 7) is -0.417. The summed E-state index contributed by atoms with van der Waals surface area (Å²) in [4.78, 5) is 0. The Labute approximate surface area is 84.8 Å². The van der Waals surface area contributed by atoms with Gasteiger partial charge in [-0.05, 0) is 34.5 Å². The van der Waals surface area contributed by atoms with E-state index in [9.17, 15) is 4.39 Å². The molecule has 0 aliphatic carbocycles. The van der Waals surface area contributed by atoms with Crippen LogP contribution in [-0.4, -0.2) is 6.67 Å². The van der Waals surface area contributed by atoms with Crippen molar-refractivity contribution in [1.29, 1.82) is 0 Å². The van der Waals surface area contributed by atoms with Gasteiger partial charge in [-0.2, -0.15) is 0 Å². The Kier molecular flexibility index (Phi) is 5.53. The average molecular weight is 259 g/mol. The first kappa shape index (κ1) is 11.9. The molecular weight excluding hydrogens is 248 g/mol. The number of alkyl halides is 1. The number of halogens is 3. The van der Waals surface area contributed by atoms with Crippen LogP contribution < -0.4 is 5.73 Å². The van der Waals surface area contributed by atoms with Gasteiger partial charge in [0.25, 0.3) is 0 Å². The summed E-state index contributed by atoms with van der Waals surface area (Å²) in [6, 6.07) is 3.16. The molecule has 2 N–H and O–H groups in total. The lowest BCUT2D eigenvalue weighted by Crippen LogP contribution is -2.09. The Morgan fingerprint density at radius 1 is 1.58 bits per heavy atom. The van der Waals surface area contributed by atoms with Crippen molar-refractivity contribution in [2.24, 2.45) is 5.73 Å². The van der Waals surface area contributed by atoms with E-state index in [4.69, 9.17) is 10.2 Å². The molecule has 0 saturated heterocycles. The van der Waals surface area contributed by atoms with Crippen LogP contribution in [0.4, 0.5) is 4.39 Å². The Hall–Kier alpha value is -0.0600. The van der Waals surface area contributed by atoms with E-state index in [0.29, 0.717) is 16.9 Å². The maximum atomic E-state index is 11.8. The van der Waals surface area contributed by atoms with Crippen molar-refractivity contribution in [2.75, 3.05) is 6.67 Å². The normalized spacial score (nSPS) is 12.2. The second-order valence-corrected chi connectivity index (χ2v) is 3.01. The third-order valence-electron chi connectivity index (χ3n) is 1.38. The van der Waals surface area contributed by atoms with Crippen LogP contribution >= 0.6 is 28.3 Å². The second kappa shape index (κ2) is 5.56. The molecule has 1 atom stereocenters. The van der Waals surface area contributed by atoms with Gasteiger partial charge < -0.3 is 10.2 Å². The van der Waals surface area contributed by atoms with Crippen molar-refractivity contribution < 1.29 is 8.81 Å². The van der Waals surface area contributed by atoms with Crippen LogP contribution in [0.3, 0.4) is 0 Å². The Bertz CT molecular complexity index is 231. The molecule has 0 aliphatic heterocycles. The first-order valence-corrected chi connectivity index (χ1v) is 4.10. The standard InChI is InChI=1S/C7H9BrFNO.ClH/c8-7-2-1-6(11-7)5(10)3-4-9;/h1-2,5H,3-4,10H2;1H/t5-;/m1./s1. The molecule has 2 nitrogen and oxygen atoms in total. The van der Waals surface area contributed by atoms with Crippen molar-refractivity contribution in [1.82, 2.24) is 0 Å². The first-order valence-electron chi connectivity index (χ1n) is 3.31. The predicted octanol–water partition coefficient (Wildman–Crippen LogP) is 2.82. The summed E-state index contributed by atoms with van der Waals surface area (Å²) in [6.07, 6.45) is 0.306. The van der Waals surface area contributed by atoms with Crippen LogP contribution in [0, 0.1) is 0 Å². The first-order chi connectivity index (χ1) is 5.24. The maximum Gasteiger partial charge on any atom is 0.169 e. The maximum absolute atomic E-state index is 11.8. The molecule has 0 radical (unpaired) electrons. The largest absolute Gasteiger partial charge is 0.453 e. The van der Waals surface area contributed by atoms with E-state index >= 15 is 0 Å². The Morgan fingerprint density at radius 2 is 2.25 bits per heavy atom. The summed E-state index contributed by atoms with van der Waals surface area (Å²) >= 11 is 3.14. The average Bonchev–Trinajstić information content (AvgIpc) is 2.36. The minimum atomic E-state index is -0.417. The van der Waals surface area contributed by atoms with Crippen molar-refractivity contribution in [3.63, 3.8) is 0 Å². The lowest BCUT2D eigenvalue weighted by atomic mass is 10.2. The number of hydrogen-bond donors (Lipinski definition) is 1. The lowest BCUT2D eigenvalue weighted by Gasteiger charge is -2.03. The minimum absolute atomic E-state index is 0. The number of rotatable bonds is 3. The van der Waals surface area contributed by atoms with E-state index in [0.717, 1.165) is 0 Å². The number of nitrogens with two attached hydrogens (primary N) is 1. The third-order valence-corrected chi connectivity index (χ3v) is 1.81. The van der Waals surface area contributed by atoms with E-state index in [-0.39, 0.29) is 18.4 Å². The Morgan fingerprint density at radius 3 is 2.67 bits per heavy atom. The smallest absolute Gasteiger partial charge is 0.169 e. The van der Waals surface area contributed by atoms with Gasteiger partial charge >= 0.3 is 0 Å². The zero-order valence-corrected chi connectivity index (χ0v) is 8.70. The topological polar surface area (TPSA) is 39.2 Å². The molecular formula is C7H10BrClFNO. The van der Waals surface area contributed by atoms with E-state index < -0.39 is 6.67 Å². The molecule has 12 heavy (non-hydrogen) atoms.